The maximum absolute atomic E-state index is 14.8. The number of aromatic nitrogens is 1. The van der Waals surface area contributed by atoms with E-state index in [1.54, 1.807) is 37.3 Å². The van der Waals surface area contributed by atoms with Crippen LogP contribution in [0.5, 0.6) is 0 Å². The molecule has 0 aliphatic rings. The zero-order chi connectivity index (χ0) is 21.3. The average Bonchev–Trinajstić information content (AvgIpc) is 3.11. The van der Waals surface area contributed by atoms with Crippen molar-refractivity contribution in [2.45, 2.75) is 18.2 Å². The fourth-order valence-corrected chi connectivity index (χ4v) is 4.03. The van der Waals surface area contributed by atoms with Gasteiger partial charge in [-0.2, -0.15) is 0 Å². The Balaban J connectivity index is 1.93. The van der Waals surface area contributed by atoms with Crippen LogP contribution < -0.4 is 5.14 Å². The summed E-state index contributed by atoms with van der Waals surface area (Å²) in [7, 11) is -4.02. The summed E-state index contributed by atoms with van der Waals surface area (Å²) in [4.78, 5) is 4.44. The van der Waals surface area contributed by atoms with E-state index in [1.165, 1.54) is 12.1 Å². The third-order valence-electron chi connectivity index (χ3n) is 4.69. The standard InChI is InChI=1S/C23H19FN2O3S/c1-15-11-12-17(19(24)13-15)23-22(18-9-5-6-10-20(18)30(25,27)28)26-21(29-23)14-16-7-3-2-4-8-16/h2-13H,14H2,1H3,(H2,25,27,28). The molecule has 0 saturated heterocycles. The molecule has 0 radical (unpaired) electrons. The van der Waals surface area contributed by atoms with Crippen molar-refractivity contribution < 1.29 is 17.2 Å². The first-order chi connectivity index (χ1) is 14.3. The Hall–Kier alpha value is -3.29. The molecule has 7 heteroatoms. The highest BCUT2D eigenvalue weighted by Crippen LogP contribution is 2.37. The molecule has 1 heterocycles. The Bertz CT molecular complexity index is 1320. The predicted octanol–water partition coefficient (Wildman–Crippen LogP) is 4.69. The molecule has 3 aromatic carbocycles. The minimum atomic E-state index is -4.02. The van der Waals surface area contributed by atoms with E-state index < -0.39 is 15.8 Å². The smallest absolute Gasteiger partial charge is 0.238 e. The lowest BCUT2D eigenvalue weighted by Gasteiger charge is -2.07. The molecule has 4 aromatic rings. The van der Waals surface area contributed by atoms with Crippen molar-refractivity contribution in [3.8, 4) is 22.6 Å². The van der Waals surface area contributed by atoms with Crippen LogP contribution in [-0.4, -0.2) is 13.4 Å². The second kappa shape index (κ2) is 7.85. The summed E-state index contributed by atoms with van der Waals surface area (Å²) < 4.78 is 45.0. The van der Waals surface area contributed by atoms with Crippen molar-refractivity contribution in [2.24, 2.45) is 5.14 Å². The number of rotatable bonds is 5. The summed E-state index contributed by atoms with van der Waals surface area (Å²) in [5, 5.41) is 5.40. The van der Waals surface area contributed by atoms with Crippen molar-refractivity contribution in [2.75, 3.05) is 0 Å². The Kier molecular flexibility index (Phi) is 5.24. The first-order valence-electron chi connectivity index (χ1n) is 9.25. The number of aryl methyl sites for hydroxylation is 1. The fourth-order valence-electron chi connectivity index (χ4n) is 3.29. The Morgan fingerprint density at radius 2 is 1.67 bits per heavy atom. The van der Waals surface area contributed by atoms with Crippen molar-refractivity contribution in [1.82, 2.24) is 4.98 Å². The van der Waals surface area contributed by atoms with Gasteiger partial charge in [-0.05, 0) is 36.2 Å². The van der Waals surface area contributed by atoms with E-state index in [4.69, 9.17) is 9.56 Å². The van der Waals surface area contributed by atoms with Crippen LogP contribution in [0, 0.1) is 12.7 Å². The highest BCUT2D eigenvalue weighted by atomic mass is 32.2. The van der Waals surface area contributed by atoms with Crippen molar-refractivity contribution in [3.63, 3.8) is 0 Å². The van der Waals surface area contributed by atoms with Crippen LogP contribution in [0.4, 0.5) is 4.39 Å². The molecular weight excluding hydrogens is 403 g/mol. The van der Waals surface area contributed by atoms with Gasteiger partial charge in [0.2, 0.25) is 10.0 Å². The van der Waals surface area contributed by atoms with Crippen molar-refractivity contribution in [1.29, 1.82) is 0 Å². The number of hydrogen-bond acceptors (Lipinski definition) is 4. The third kappa shape index (κ3) is 4.03. The van der Waals surface area contributed by atoms with E-state index in [0.717, 1.165) is 11.1 Å². The highest BCUT2D eigenvalue weighted by molar-refractivity contribution is 7.89. The molecule has 0 unspecified atom stereocenters. The molecule has 4 rings (SSSR count). The van der Waals surface area contributed by atoms with Gasteiger partial charge in [0.15, 0.2) is 11.7 Å². The highest BCUT2D eigenvalue weighted by Gasteiger charge is 2.24. The lowest BCUT2D eigenvalue weighted by atomic mass is 10.0. The second-order valence-corrected chi connectivity index (χ2v) is 8.50. The summed E-state index contributed by atoms with van der Waals surface area (Å²) in [5.41, 5.74) is 2.41. The molecule has 0 spiro atoms. The molecule has 2 N–H and O–H groups in total. The fraction of sp³-hybridized carbons (Fsp3) is 0.0870. The number of sulfonamides is 1. The number of nitrogens with two attached hydrogens (primary N) is 1. The summed E-state index contributed by atoms with van der Waals surface area (Å²) in [6, 6.07) is 20.5. The van der Waals surface area contributed by atoms with Crippen LogP contribution in [0.15, 0.2) is 82.1 Å². The van der Waals surface area contributed by atoms with Gasteiger partial charge < -0.3 is 4.42 Å². The molecule has 0 fully saturated rings. The normalized spacial score (nSPS) is 11.6. The topological polar surface area (TPSA) is 86.2 Å². The molecule has 0 bridgehead atoms. The van der Waals surface area contributed by atoms with E-state index >= 15 is 0 Å². The Morgan fingerprint density at radius 1 is 0.967 bits per heavy atom. The maximum Gasteiger partial charge on any atom is 0.238 e. The van der Waals surface area contributed by atoms with E-state index in [2.05, 4.69) is 4.98 Å². The lowest BCUT2D eigenvalue weighted by Crippen LogP contribution is -2.13. The minimum Gasteiger partial charge on any atom is -0.440 e. The summed E-state index contributed by atoms with van der Waals surface area (Å²) >= 11 is 0. The zero-order valence-corrected chi connectivity index (χ0v) is 17.0. The SMILES string of the molecule is Cc1ccc(-c2oc(Cc3ccccc3)nc2-c2ccccc2S(N)(=O)=O)c(F)c1. The molecule has 30 heavy (non-hydrogen) atoms. The molecular formula is C23H19FN2O3S. The number of oxazole rings is 1. The van der Waals surface area contributed by atoms with Crippen molar-refractivity contribution >= 4 is 10.0 Å². The van der Waals surface area contributed by atoms with Gasteiger partial charge in [0.05, 0.1) is 10.5 Å². The third-order valence-corrected chi connectivity index (χ3v) is 5.66. The Labute approximate surface area is 174 Å². The predicted molar refractivity (Wildman–Crippen MR) is 113 cm³/mol. The van der Waals surface area contributed by atoms with E-state index in [9.17, 15) is 12.8 Å². The van der Waals surface area contributed by atoms with Gasteiger partial charge in [0, 0.05) is 12.0 Å². The first-order valence-corrected chi connectivity index (χ1v) is 10.8. The average molecular weight is 422 g/mol. The van der Waals surface area contributed by atoms with Gasteiger partial charge in [-0.15, -0.1) is 0 Å². The number of hydrogen-bond donors (Lipinski definition) is 1. The number of benzene rings is 3. The van der Waals surface area contributed by atoms with Crippen molar-refractivity contribution in [3.05, 3.63) is 95.6 Å². The largest absolute Gasteiger partial charge is 0.440 e. The molecule has 1 aromatic heterocycles. The van der Waals surface area contributed by atoms with E-state index in [1.807, 2.05) is 30.3 Å². The van der Waals surface area contributed by atoms with Crippen LogP contribution in [0.3, 0.4) is 0 Å². The monoisotopic (exact) mass is 422 g/mol. The molecule has 0 atom stereocenters. The number of nitrogens with zero attached hydrogens (tertiary/aromatic N) is 1. The first kappa shape index (κ1) is 20.0. The van der Waals surface area contributed by atoms with Gasteiger partial charge >= 0.3 is 0 Å². The molecule has 0 saturated carbocycles. The maximum atomic E-state index is 14.8. The molecule has 0 amide bonds. The second-order valence-electron chi connectivity index (χ2n) is 6.97. The van der Waals surface area contributed by atoms with Gasteiger partial charge in [0.25, 0.3) is 0 Å². The van der Waals surface area contributed by atoms with Gasteiger partial charge in [-0.1, -0.05) is 54.6 Å². The number of halogens is 1. The van der Waals surface area contributed by atoms with Crippen LogP contribution in [0.25, 0.3) is 22.6 Å². The molecule has 5 nitrogen and oxygen atoms in total. The summed E-state index contributed by atoms with van der Waals surface area (Å²) in [6.07, 6.45) is 0.374. The van der Waals surface area contributed by atoms with Gasteiger partial charge in [0.1, 0.15) is 11.5 Å². The lowest BCUT2D eigenvalue weighted by molar-refractivity contribution is 0.514. The van der Waals surface area contributed by atoms with Crippen LogP contribution in [0.2, 0.25) is 0 Å². The van der Waals surface area contributed by atoms with Crippen LogP contribution in [-0.2, 0) is 16.4 Å². The quantitative estimate of drug-likeness (QED) is 0.505. The summed E-state index contributed by atoms with van der Waals surface area (Å²) in [6.45, 7) is 1.78. The molecule has 0 aliphatic carbocycles. The van der Waals surface area contributed by atoms with Crippen LogP contribution in [0.1, 0.15) is 17.0 Å². The summed E-state index contributed by atoms with van der Waals surface area (Å²) in [5.74, 6) is 0.0247. The zero-order valence-electron chi connectivity index (χ0n) is 16.2. The number of primary sulfonamides is 1. The van der Waals surface area contributed by atoms with Crippen LogP contribution >= 0.6 is 0 Å². The molecule has 0 aliphatic heterocycles. The minimum absolute atomic E-state index is 0.0988. The van der Waals surface area contributed by atoms with E-state index in [0.29, 0.717) is 12.3 Å². The molecule has 152 valence electrons. The van der Waals surface area contributed by atoms with Gasteiger partial charge in [-0.25, -0.2) is 22.9 Å². The van der Waals surface area contributed by atoms with Gasteiger partial charge in [-0.3, -0.25) is 0 Å². The Morgan fingerprint density at radius 3 is 2.37 bits per heavy atom. The van der Waals surface area contributed by atoms with E-state index in [-0.39, 0.29) is 27.5 Å².